The molecule has 0 aliphatic heterocycles. The summed E-state index contributed by atoms with van der Waals surface area (Å²) in [5, 5.41) is 2.14. The number of ether oxygens (including phenoxy) is 1. The Morgan fingerprint density at radius 1 is 0.850 bits per heavy atom. The van der Waals surface area contributed by atoms with Gasteiger partial charge in [-0.2, -0.15) is 0 Å². The van der Waals surface area contributed by atoms with Gasteiger partial charge in [0.05, 0.1) is 5.56 Å². The van der Waals surface area contributed by atoms with Crippen molar-refractivity contribution in [1.29, 1.82) is 0 Å². The number of rotatable bonds is 2. The first-order chi connectivity index (χ1) is 9.72. The zero-order valence-electron chi connectivity index (χ0n) is 11.2. The molecule has 0 atom stereocenters. The minimum absolute atomic E-state index is 0.332. The molecule has 0 aliphatic rings. The maximum atomic E-state index is 12.1. The molecule has 0 unspecified atom stereocenters. The summed E-state index contributed by atoms with van der Waals surface area (Å²) in [6.45, 7) is 1.97. The van der Waals surface area contributed by atoms with Gasteiger partial charge < -0.3 is 4.74 Å². The molecule has 0 bridgehead atoms. The highest BCUT2D eigenvalue weighted by molar-refractivity contribution is 5.96. The van der Waals surface area contributed by atoms with Crippen LogP contribution in [0.4, 0.5) is 0 Å². The third kappa shape index (κ3) is 2.54. The minimum atomic E-state index is -0.332. The van der Waals surface area contributed by atoms with Gasteiger partial charge in [0, 0.05) is 0 Å². The maximum Gasteiger partial charge on any atom is 0.343 e. The molecule has 0 aromatic heterocycles. The van der Waals surface area contributed by atoms with E-state index in [9.17, 15) is 4.79 Å². The van der Waals surface area contributed by atoms with E-state index in [1.54, 1.807) is 12.1 Å². The van der Waals surface area contributed by atoms with Gasteiger partial charge in [-0.25, -0.2) is 4.79 Å². The van der Waals surface area contributed by atoms with E-state index in [0.717, 1.165) is 16.3 Å². The Morgan fingerprint density at radius 3 is 2.45 bits per heavy atom. The molecular weight excluding hydrogens is 248 g/mol. The van der Waals surface area contributed by atoms with Crippen molar-refractivity contribution < 1.29 is 9.53 Å². The fourth-order valence-electron chi connectivity index (χ4n) is 2.16. The third-order valence-corrected chi connectivity index (χ3v) is 3.19. The number of hydrogen-bond donors (Lipinski definition) is 0. The highest BCUT2D eigenvalue weighted by Gasteiger charge is 2.09. The van der Waals surface area contributed by atoms with Crippen molar-refractivity contribution >= 4 is 16.7 Å². The van der Waals surface area contributed by atoms with Gasteiger partial charge in [0.25, 0.3) is 0 Å². The summed E-state index contributed by atoms with van der Waals surface area (Å²) in [6, 6.07) is 21.0. The topological polar surface area (TPSA) is 26.3 Å². The molecule has 20 heavy (non-hydrogen) atoms. The summed E-state index contributed by atoms with van der Waals surface area (Å²) in [7, 11) is 0. The largest absolute Gasteiger partial charge is 0.423 e. The molecule has 0 aliphatic carbocycles. The van der Waals surface area contributed by atoms with Crippen LogP contribution in [0.2, 0.25) is 0 Å². The van der Waals surface area contributed by atoms with Gasteiger partial charge in [0.15, 0.2) is 0 Å². The first-order valence-corrected chi connectivity index (χ1v) is 6.50. The summed E-state index contributed by atoms with van der Waals surface area (Å²) >= 11 is 0. The van der Waals surface area contributed by atoms with E-state index < -0.39 is 0 Å². The second-order valence-corrected chi connectivity index (χ2v) is 4.77. The second kappa shape index (κ2) is 5.17. The fourth-order valence-corrected chi connectivity index (χ4v) is 2.16. The summed E-state index contributed by atoms with van der Waals surface area (Å²) in [6.07, 6.45) is 0. The quantitative estimate of drug-likeness (QED) is 0.506. The van der Waals surface area contributed by atoms with E-state index in [1.165, 1.54) is 0 Å². The molecule has 0 N–H and O–H groups in total. The Labute approximate surface area is 117 Å². The first-order valence-electron chi connectivity index (χ1n) is 6.50. The summed E-state index contributed by atoms with van der Waals surface area (Å²) < 4.78 is 5.39. The van der Waals surface area contributed by atoms with Gasteiger partial charge >= 0.3 is 5.97 Å². The van der Waals surface area contributed by atoms with Crippen LogP contribution in [0.1, 0.15) is 15.9 Å². The van der Waals surface area contributed by atoms with Crippen LogP contribution in [0.25, 0.3) is 10.8 Å². The highest BCUT2D eigenvalue weighted by Crippen LogP contribution is 2.18. The van der Waals surface area contributed by atoms with Crippen molar-refractivity contribution in [2.24, 2.45) is 0 Å². The number of carbonyl (C=O) groups excluding carboxylic acids is 1. The number of esters is 1. The van der Waals surface area contributed by atoms with E-state index in [2.05, 4.69) is 0 Å². The lowest BCUT2D eigenvalue weighted by atomic mass is 10.1. The van der Waals surface area contributed by atoms with Gasteiger partial charge in [-0.05, 0) is 47.5 Å². The number of aryl methyl sites for hydroxylation is 1. The maximum absolute atomic E-state index is 12.1. The second-order valence-electron chi connectivity index (χ2n) is 4.77. The minimum Gasteiger partial charge on any atom is -0.423 e. The average Bonchev–Trinajstić information content (AvgIpc) is 2.47. The Balaban J connectivity index is 1.88. The van der Waals surface area contributed by atoms with Crippen LogP contribution in [0, 0.1) is 6.92 Å². The smallest absolute Gasteiger partial charge is 0.343 e. The molecule has 0 saturated carbocycles. The van der Waals surface area contributed by atoms with Gasteiger partial charge in [0.1, 0.15) is 5.75 Å². The molecule has 2 heteroatoms. The monoisotopic (exact) mass is 262 g/mol. The Hall–Kier alpha value is -2.61. The van der Waals surface area contributed by atoms with Crippen LogP contribution in [0.5, 0.6) is 5.75 Å². The van der Waals surface area contributed by atoms with Gasteiger partial charge in [0.2, 0.25) is 0 Å². The summed E-state index contributed by atoms with van der Waals surface area (Å²) in [5.41, 5.74) is 1.62. The van der Waals surface area contributed by atoms with E-state index in [-0.39, 0.29) is 5.97 Å². The van der Waals surface area contributed by atoms with Crippen molar-refractivity contribution in [2.45, 2.75) is 6.92 Å². The van der Waals surface area contributed by atoms with Crippen molar-refractivity contribution in [1.82, 2.24) is 0 Å². The number of fused-ring (bicyclic) bond motifs is 1. The Morgan fingerprint density at radius 2 is 1.65 bits per heavy atom. The normalized spacial score (nSPS) is 10.4. The molecule has 0 heterocycles. The molecule has 0 fully saturated rings. The van der Waals surface area contributed by atoms with Crippen LogP contribution < -0.4 is 4.74 Å². The number of benzene rings is 3. The van der Waals surface area contributed by atoms with Crippen LogP contribution >= 0.6 is 0 Å². The van der Waals surface area contributed by atoms with Crippen molar-refractivity contribution in [2.75, 3.05) is 0 Å². The predicted octanol–water partition coefficient (Wildman–Crippen LogP) is 4.37. The molecule has 98 valence electrons. The molecule has 0 amide bonds. The van der Waals surface area contributed by atoms with Crippen LogP contribution in [0.15, 0.2) is 66.7 Å². The molecule has 0 spiro atoms. The zero-order valence-corrected chi connectivity index (χ0v) is 11.2. The standard InChI is InChI=1S/C18H14O2/c1-13-5-4-8-17(11-13)20-18(19)16-10-9-14-6-2-3-7-15(14)12-16/h2-12H,1H3. The van der Waals surface area contributed by atoms with Crippen LogP contribution in [-0.2, 0) is 0 Å². The van der Waals surface area contributed by atoms with Crippen LogP contribution in [-0.4, -0.2) is 5.97 Å². The van der Waals surface area contributed by atoms with Crippen molar-refractivity contribution in [3.63, 3.8) is 0 Å². The molecule has 3 rings (SSSR count). The highest BCUT2D eigenvalue weighted by atomic mass is 16.5. The molecule has 2 nitrogen and oxygen atoms in total. The lowest BCUT2D eigenvalue weighted by molar-refractivity contribution is 0.0735. The van der Waals surface area contributed by atoms with Crippen LogP contribution in [0.3, 0.4) is 0 Å². The molecule has 0 saturated heterocycles. The van der Waals surface area contributed by atoms with E-state index >= 15 is 0 Å². The lowest BCUT2D eigenvalue weighted by Gasteiger charge is -2.06. The molecular formula is C18H14O2. The van der Waals surface area contributed by atoms with E-state index in [4.69, 9.17) is 4.74 Å². The SMILES string of the molecule is Cc1cccc(OC(=O)c2ccc3ccccc3c2)c1. The molecule has 3 aromatic rings. The Bertz CT molecular complexity index is 775. The third-order valence-electron chi connectivity index (χ3n) is 3.19. The van der Waals surface area contributed by atoms with Crippen molar-refractivity contribution in [3.05, 3.63) is 77.9 Å². The number of hydrogen-bond acceptors (Lipinski definition) is 2. The van der Waals surface area contributed by atoms with E-state index in [0.29, 0.717) is 11.3 Å². The van der Waals surface area contributed by atoms with Gasteiger partial charge in [-0.15, -0.1) is 0 Å². The first kappa shape index (κ1) is 12.4. The number of carbonyl (C=O) groups is 1. The van der Waals surface area contributed by atoms with Crippen molar-refractivity contribution in [3.8, 4) is 5.75 Å². The summed E-state index contributed by atoms with van der Waals surface area (Å²) in [4.78, 5) is 12.1. The molecule has 0 radical (unpaired) electrons. The Kier molecular flexibility index (Phi) is 3.21. The van der Waals surface area contributed by atoms with Gasteiger partial charge in [-0.3, -0.25) is 0 Å². The lowest BCUT2D eigenvalue weighted by Crippen LogP contribution is -2.08. The summed E-state index contributed by atoms with van der Waals surface area (Å²) in [5.74, 6) is 0.240. The molecule has 3 aromatic carbocycles. The van der Waals surface area contributed by atoms with Gasteiger partial charge in [-0.1, -0.05) is 42.5 Å². The predicted molar refractivity (Wildman–Crippen MR) is 80.1 cm³/mol. The average molecular weight is 262 g/mol. The zero-order chi connectivity index (χ0) is 13.9. The van der Waals surface area contributed by atoms with E-state index in [1.807, 2.05) is 61.5 Å². The fraction of sp³-hybridized carbons (Fsp3) is 0.0556.